The van der Waals surface area contributed by atoms with Crippen molar-refractivity contribution in [2.75, 3.05) is 16.2 Å². The summed E-state index contributed by atoms with van der Waals surface area (Å²) in [6.07, 6.45) is 0.916. The maximum atomic E-state index is 13.8. The number of fused-ring (bicyclic) bond motifs is 1. The first-order valence-electron chi connectivity index (χ1n) is 11.6. The van der Waals surface area contributed by atoms with Crippen LogP contribution >= 0.6 is 34.8 Å². The summed E-state index contributed by atoms with van der Waals surface area (Å²) in [7, 11) is -4.12. The maximum Gasteiger partial charge on any atom is 0.265 e. The minimum atomic E-state index is -4.12. The van der Waals surface area contributed by atoms with Crippen LogP contribution in [0.25, 0.3) is 0 Å². The standard InChI is InChI=1S/C25H21Cl3N4O5S/c26-14-3-1-4-17(11-14)38(35,36)32-13-16(12-15-7-10-22(33)29-15)37-20-8-9-21(30-24(20)32)31-25(34)23-18(27)5-2-6-19(23)28/h1-6,8-9,11,15-16H,7,10,12-13H2,(H,29,33)(H,30,31,34). The molecule has 0 saturated carbocycles. The second kappa shape index (κ2) is 10.6. The molecule has 5 rings (SSSR count). The lowest BCUT2D eigenvalue weighted by atomic mass is 10.1. The van der Waals surface area contributed by atoms with Crippen LogP contribution in [0, 0.1) is 0 Å². The Morgan fingerprint density at radius 3 is 2.53 bits per heavy atom. The van der Waals surface area contributed by atoms with Crippen LogP contribution in [0.4, 0.5) is 11.6 Å². The van der Waals surface area contributed by atoms with E-state index in [1.165, 1.54) is 36.4 Å². The molecule has 2 N–H and O–H groups in total. The Morgan fingerprint density at radius 1 is 1.11 bits per heavy atom. The van der Waals surface area contributed by atoms with E-state index in [1.807, 2.05) is 0 Å². The zero-order valence-corrected chi connectivity index (χ0v) is 22.7. The lowest BCUT2D eigenvalue weighted by molar-refractivity contribution is -0.119. The van der Waals surface area contributed by atoms with Crippen molar-refractivity contribution in [2.45, 2.75) is 36.3 Å². The van der Waals surface area contributed by atoms with E-state index in [0.29, 0.717) is 19.3 Å². The molecule has 2 atom stereocenters. The Kier molecular flexibility index (Phi) is 7.41. The van der Waals surface area contributed by atoms with E-state index in [-0.39, 0.29) is 61.4 Å². The monoisotopic (exact) mass is 594 g/mol. The van der Waals surface area contributed by atoms with E-state index in [4.69, 9.17) is 39.5 Å². The van der Waals surface area contributed by atoms with Crippen LogP contribution in [-0.2, 0) is 14.8 Å². The Labute approximate surface area is 234 Å². The van der Waals surface area contributed by atoms with Gasteiger partial charge in [0.1, 0.15) is 11.9 Å². The highest BCUT2D eigenvalue weighted by molar-refractivity contribution is 7.92. The first-order valence-corrected chi connectivity index (χ1v) is 14.2. The average Bonchev–Trinajstić information content (AvgIpc) is 3.28. The summed E-state index contributed by atoms with van der Waals surface area (Å²) in [6, 6.07) is 13.5. The van der Waals surface area contributed by atoms with Gasteiger partial charge in [-0.15, -0.1) is 0 Å². The number of pyridine rings is 1. The molecule has 1 saturated heterocycles. The van der Waals surface area contributed by atoms with Gasteiger partial charge in [-0.05, 0) is 48.9 Å². The molecule has 1 fully saturated rings. The van der Waals surface area contributed by atoms with Gasteiger partial charge in [-0.2, -0.15) is 0 Å². The molecule has 3 heterocycles. The van der Waals surface area contributed by atoms with Gasteiger partial charge in [-0.25, -0.2) is 17.7 Å². The van der Waals surface area contributed by atoms with Gasteiger partial charge in [-0.3, -0.25) is 9.59 Å². The topological polar surface area (TPSA) is 118 Å². The summed E-state index contributed by atoms with van der Waals surface area (Å²) < 4.78 is 34.8. The lowest BCUT2D eigenvalue weighted by Crippen LogP contribution is -2.46. The first kappa shape index (κ1) is 26.6. The van der Waals surface area contributed by atoms with Gasteiger partial charge in [0.15, 0.2) is 11.6 Å². The van der Waals surface area contributed by atoms with Crippen LogP contribution in [0.15, 0.2) is 59.5 Å². The number of nitrogens with zero attached hydrogens (tertiary/aromatic N) is 2. The number of rotatable bonds is 6. The fourth-order valence-electron chi connectivity index (χ4n) is 4.42. The van der Waals surface area contributed by atoms with Gasteiger partial charge in [0, 0.05) is 23.9 Å². The largest absolute Gasteiger partial charge is 0.485 e. The van der Waals surface area contributed by atoms with Gasteiger partial charge in [0.05, 0.1) is 27.0 Å². The number of hydrogen-bond acceptors (Lipinski definition) is 6. The third-order valence-electron chi connectivity index (χ3n) is 6.19. The van der Waals surface area contributed by atoms with Crippen LogP contribution in [0.5, 0.6) is 5.75 Å². The van der Waals surface area contributed by atoms with Crippen LogP contribution in [0.2, 0.25) is 15.1 Å². The number of sulfonamides is 1. The number of carbonyl (C=O) groups excluding carboxylic acids is 2. The molecule has 38 heavy (non-hydrogen) atoms. The van der Waals surface area contributed by atoms with Gasteiger partial charge in [0.2, 0.25) is 5.91 Å². The van der Waals surface area contributed by atoms with Crippen molar-refractivity contribution < 1.29 is 22.7 Å². The first-order chi connectivity index (χ1) is 18.1. The summed E-state index contributed by atoms with van der Waals surface area (Å²) in [5.74, 6) is -0.370. The Balaban J connectivity index is 1.50. The van der Waals surface area contributed by atoms with Crippen molar-refractivity contribution in [3.05, 3.63) is 75.2 Å². The Hall–Kier alpha value is -3.05. The number of benzene rings is 2. The molecule has 2 amide bonds. The molecule has 9 nitrogen and oxygen atoms in total. The Morgan fingerprint density at radius 2 is 1.84 bits per heavy atom. The number of ether oxygens (including phenoxy) is 1. The highest BCUT2D eigenvalue weighted by atomic mass is 35.5. The summed E-state index contributed by atoms with van der Waals surface area (Å²) in [4.78, 5) is 29.0. The zero-order valence-electron chi connectivity index (χ0n) is 19.7. The van der Waals surface area contributed by atoms with Crippen molar-refractivity contribution in [2.24, 2.45) is 0 Å². The quantitative estimate of drug-likeness (QED) is 0.418. The zero-order chi connectivity index (χ0) is 27.0. The molecule has 2 unspecified atom stereocenters. The van der Waals surface area contributed by atoms with E-state index >= 15 is 0 Å². The summed E-state index contributed by atoms with van der Waals surface area (Å²) in [5.41, 5.74) is 0.0636. The third-order valence-corrected chi connectivity index (χ3v) is 8.80. The fourth-order valence-corrected chi connectivity index (χ4v) is 6.74. The fraction of sp³-hybridized carbons (Fsp3) is 0.240. The maximum absolute atomic E-state index is 13.8. The number of hydrogen-bond donors (Lipinski definition) is 2. The summed E-state index contributed by atoms with van der Waals surface area (Å²) in [5, 5.41) is 6.08. The number of aromatic nitrogens is 1. The van der Waals surface area contributed by atoms with Gasteiger partial charge in [0.25, 0.3) is 15.9 Å². The van der Waals surface area contributed by atoms with Crippen LogP contribution < -0.4 is 19.7 Å². The molecular formula is C25H21Cl3N4O5S. The smallest absolute Gasteiger partial charge is 0.265 e. The highest BCUT2D eigenvalue weighted by Crippen LogP contribution is 2.38. The normalized spacial score (nSPS) is 18.9. The molecule has 0 spiro atoms. The molecule has 198 valence electrons. The number of amides is 2. The van der Waals surface area contributed by atoms with E-state index in [9.17, 15) is 18.0 Å². The van der Waals surface area contributed by atoms with Crippen molar-refractivity contribution in [3.63, 3.8) is 0 Å². The number of halogens is 3. The SMILES string of the molecule is O=C1CCC(CC2CN(S(=O)(=O)c3cccc(Cl)c3)c3nc(NC(=O)c4c(Cl)cccc4Cl)ccc3O2)N1. The van der Waals surface area contributed by atoms with Crippen LogP contribution in [0.3, 0.4) is 0 Å². The van der Waals surface area contributed by atoms with Crippen molar-refractivity contribution in [3.8, 4) is 5.75 Å². The predicted molar refractivity (Wildman–Crippen MR) is 145 cm³/mol. The number of carbonyl (C=O) groups is 2. The van der Waals surface area contributed by atoms with Gasteiger partial charge in [-0.1, -0.05) is 46.9 Å². The van der Waals surface area contributed by atoms with Crippen molar-refractivity contribution >= 4 is 68.3 Å². The minimum Gasteiger partial charge on any atom is -0.485 e. The molecule has 2 aromatic carbocycles. The molecule has 13 heteroatoms. The van der Waals surface area contributed by atoms with E-state index in [2.05, 4.69) is 15.6 Å². The molecule has 1 aromatic heterocycles. The summed E-state index contributed by atoms with van der Waals surface area (Å²) in [6.45, 7) is -0.0606. The number of anilines is 2. The second-order valence-corrected chi connectivity index (χ2v) is 12.0. The Bertz CT molecular complexity index is 1510. The minimum absolute atomic E-state index is 0.000242. The molecule has 0 aliphatic carbocycles. The van der Waals surface area contributed by atoms with Gasteiger partial charge < -0.3 is 15.4 Å². The molecule has 0 radical (unpaired) electrons. The lowest BCUT2D eigenvalue weighted by Gasteiger charge is -2.35. The second-order valence-electron chi connectivity index (χ2n) is 8.84. The van der Waals surface area contributed by atoms with Crippen LogP contribution in [-0.4, -0.2) is 43.9 Å². The predicted octanol–water partition coefficient (Wildman–Crippen LogP) is 4.92. The van der Waals surface area contributed by atoms with Gasteiger partial charge >= 0.3 is 0 Å². The molecule has 3 aromatic rings. The molecule has 2 aliphatic heterocycles. The average molecular weight is 596 g/mol. The van der Waals surface area contributed by atoms with Crippen LogP contribution in [0.1, 0.15) is 29.6 Å². The van der Waals surface area contributed by atoms with E-state index < -0.39 is 22.0 Å². The number of nitrogens with one attached hydrogen (secondary N) is 2. The van der Waals surface area contributed by atoms with E-state index in [0.717, 1.165) is 4.31 Å². The van der Waals surface area contributed by atoms with E-state index in [1.54, 1.807) is 18.2 Å². The molecule has 0 bridgehead atoms. The van der Waals surface area contributed by atoms with Crippen molar-refractivity contribution in [1.29, 1.82) is 0 Å². The highest BCUT2D eigenvalue weighted by Gasteiger charge is 2.38. The van der Waals surface area contributed by atoms with Crippen molar-refractivity contribution in [1.82, 2.24) is 10.3 Å². The molecular weight excluding hydrogens is 575 g/mol. The third kappa shape index (κ3) is 5.40. The molecule has 2 aliphatic rings. The summed E-state index contributed by atoms with van der Waals surface area (Å²) >= 11 is 18.4.